The van der Waals surface area contributed by atoms with Crippen molar-refractivity contribution in [2.45, 2.75) is 25.1 Å². The molecule has 1 aromatic carbocycles. The van der Waals surface area contributed by atoms with Crippen LogP contribution in [-0.2, 0) is 11.2 Å². The molecule has 1 aliphatic heterocycles. The van der Waals surface area contributed by atoms with Crippen LogP contribution in [0.4, 0.5) is 13.2 Å². The zero-order valence-corrected chi connectivity index (χ0v) is 12.5. The van der Waals surface area contributed by atoms with Gasteiger partial charge in [0.05, 0.1) is 6.04 Å². The van der Waals surface area contributed by atoms with Crippen molar-refractivity contribution < 1.29 is 22.5 Å². The molecule has 0 aliphatic carbocycles. The molecule has 2 aromatic rings. The Bertz CT molecular complexity index is 732. The van der Waals surface area contributed by atoms with Gasteiger partial charge in [-0.3, -0.25) is 4.79 Å². The van der Waals surface area contributed by atoms with Gasteiger partial charge < -0.3 is 15.6 Å². The summed E-state index contributed by atoms with van der Waals surface area (Å²) in [6.45, 7) is -0.502. The SMILES string of the molecule is NC(c1ccccc1)c1noc(CC2(C(F)(F)F)CNC(=O)C2)n1. The van der Waals surface area contributed by atoms with Crippen LogP contribution in [0.3, 0.4) is 0 Å². The number of carbonyl (C=O) groups is 1. The molecule has 3 N–H and O–H groups in total. The molecule has 1 fully saturated rings. The number of hydrogen-bond donors (Lipinski definition) is 2. The molecule has 24 heavy (non-hydrogen) atoms. The maximum Gasteiger partial charge on any atom is 0.397 e. The Morgan fingerprint density at radius 2 is 2.04 bits per heavy atom. The number of carbonyl (C=O) groups excluding carboxylic acids is 1. The summed E-state index contributed by atoms with van der Waals surface area (Å²) in [5.74, 6) is -0.732. The highest BCUT2D eigenvalue weighted by atomic mass is 19.4. The van der Waals surface area contributed by atoms with Gasteiger partial charge in [0.25, 0.3) is 0 Å². The third kappa shape index (κ3) is 2.99. The molecule has 128 valence electrons. The Morgan fingerprint density at radius 1 is 1.33 bits per heavy atom. The van der Waals surface area contributed by atoms with Crippen LogP contribution in [0.15, 0.2) is 34.9 Å². The first kappa shape index (κ1) is 16.4. The van der Waals surface area contributed by atoms with Gasteiger partial charge in [0.15, 0.2) is 5.82 Å². The van der Waals surface area contributed by atoms with Crippen molar-refractivity contribution in [3.05, 3.63) is 47.6 Å². The maximum atomic E-state index is 13.4. The second-order valence-corrected chi connectivity index (χ2v) is 5.84. The number of aromatic nitrogens is 2. The first-order valence-electron chi connectivity index (χ1n) is 7.27. The third-order valence-electron chi connectivity index (χ3n) is 4.13. The van der Waals surface area contributed by atoms with Crippen molar-refractivity contribution >= 4 is 5.91 Å². The van der Waals surface area contributed by atoms with Crippen molar-refractivity contribution in [1.82, 2.24) is 15.5 Å². The number of hydrogen-bond acceptors (Lipinski definition) is 5. The smallest absolute Gasteiger partial charge is 0.355 e. The monoisotopic (exact) mass is 340 g/mol. The predicted octanol–water partition coefficient (Wildman–Crippen LogP) is 1.73. The highest BCUT2D eigenvalue weighted by Crippen LogP contribution is 2.45. The topological polar surface area (TPSA) is 94.0 Å². The van der Waals surface area contributed by atoms with E-state index < -0.39 is 42.9 Å². The summed E-state index contributed by atoms with van der Waals surface area (Å²) >= 11 is 0. The van der Waals surface area contributed by atoms with Gasteiger partial charge in [-0.15, -0.1) is 0 Å². The van der Waals surface area contributed by atoms with Crippen molar-refractivity contribution in [3.8, 4) is 0 Å². The van der Waals surface area contributed by atoms with Gasteiger partial charge in [-0.25, -0.2) is 0 Å². The van der Waals surface area contributed by atoms with Gasteiger partial charge in [-0.1, -0.05) is 35.5 Å². The lowest BCUT2D eigenvalue weighted by Crippen LogP contribution is -2.42. The molecular formula is C15H15F3N4O2. The first-order chi connectivity index (χ1) is 11.3. The lowest BCUT2D eigenvalue weighted by Gasteiger charge is -2.28. The fourth-order valence-corrected chi connectivity index (χ4v) is 2.69. The number of rotatable bonds is 4. The summed E-state index contributed by atoms with van der Waals surface area (Å²) in [5, 5.41) is 5.90. The molecule has 2 unspecified atom stereocenters. The van der Waals surface area contributed by atoms with Gasteiger partial charge in [-0.05, 0) is 5.56 Å². The quantitative estimate of drug-likeness (QED) is 0.884. The Kier molecular flexibility index (Phi) is 4.04. The molecule has 1 saturated heterocycles. The van der Waals surface area contributed by atoms with Crippen LogP contribution in [0.5, 0.6) is 0 Å². The lowest BCUT2D eigenvalue weighted by molar-refractivity contribution is -0.218. The molecule has 2 heterocycles. The average Bonchev–Trinajstić information content (AvgIpc) is 3.15. The summed E-state index contributed by atoms with van der Waals surface area (Å²) in [6.07, 6.45) is -5.79. The highest BCUT2D eigenvalue weighted by Gasteiger charge is 2.59. The molecular weight excluding hydrogens is 325 g/mol. The predicted molar refractivity (Wildman–Crippen MR) is 76.6 cm³/mol. The summed E-state index contributed by atoms with van der Waals surface area (Å²) in [6, 6.07) is 8.20. The summed E-state index contributed by atoms with van der Waals surface area (Å²) < 4.78 is 45.1. The second-order valence-electron chi connectivity index (χ2n) is 5.84. The van der Waals surface area contributed by atoms with Crippen molar-refractivity contribution in [2.75, 3.05) is 6.54 Å². The van der Waals surface area contributed by atoms with Crippen LogP contribution in [-0.4, -0.2) is 28.8 Å². The van der Waals surface area contributed by atoms with Gasteiger partial charge in [-0.2, -0.15) is 18.2 Å². The van der Waals surface area contributed by atoms with Crippen LogP contribution in [0.2, 0.25) is 0 Å². The van der Waals surface area contributed by atoms with Crippen molar-refractivity contribution in [3.63, 3.8) is 0 Å². The molecule has 2 atom stereocenters. The van der Waals surface area contributed by atoms with E-state index in [2.05, 4.69) is 15.5 Å². The zero-order valence-electron chi connectivity index (χ0n) is 12.5. The maximum absolute atomic E-state index is 13.4. The van der Waals surface area contributed by atoms with Crippen LogP contribution in [0.1, 0.15) is 29.7 Å². The van der Waals surface area contributed by atoms with Gasteiger partial charge in [0.1, 0.15) is 5.41 Å². The fourth-order valence-electron chi connectivity index (χ4n) is 2.69. The number of nitrogens with two attached hydrogens (primary N) is 1. The lowest BCUT2D eigenvalue weighted by atomic mass is 9.82. The minimum Gasteiger partial charge on any atom is -0.355 e. The summed E-state index contributed by atoms with van der Waals surface area (Å²) in [5.41, 5.74) is 4.49. The number of nitrogens with one attached hydrogen (secondary N) is 1. The van der Waals surface area contributed by atoms with Gasteiger partial charge in [0, 0.05) is 19.4 Å². The van der Waals surface area contributed by atoms with E-state index in [9.17, 15) is 18.0 Å². The van der Waals surface area contributed by atoms with E-state index in [0.717, 1.165) is 0 Å². The van der Waals surface area contributed by atoms with E-state index in [1.165, 1.54) is 0 Å². The minimum absolute atomic E-state index is 0.103. The first-order valence-corrected chi connectivity index (χ1v) is 7.27. The zero-order chi connectivity index (χ0) is 17.4. The summed E-state index contributed by atoms with van der Waals surface area (Å²) in [7, 11) is 0. The number of halogens is 3. The Morgan fingerprint density at radius 3 is 2.62 bits per heavy atom. The van der Waals surface area contributed by atoms with Crippen LogP contribution < -0.4 is 11.1 Å². The Balaban J connectivity index is 1.82. The molecule has 6 nitrogen and oxygen atoms in total. The number of alkyl halides is 3. The molecule has 9 heteroatoms. The third-order valence-corrected chi connectivity index (χ3v) is 4.13. The van der Waals surface area contributed by atoms with Crippen LogP contribution in [0, 0.1) is 5.41 Å². The van der Waals surface area contributed by atoms with Crippen LogP contribution >= 0.6 is 0 Å². The molecule has 0 spiro atoms. The van der Waals surface area contributed by atoms with E-state index in [-0.39, 0.29) is 11.7 Å². The second kappa shape index (κ2) is 5.90. The number of amides is 1. The molecule has 0 saturated carbocycles. The van der Waals surface area contributed by atoms with Crippen molar-refractivity contribution in [1.29, 1.82) is 0 Å². The van der Waals surface area contributed by atoms with E-state index >= 15 is 0 Å². The van der Waals surface area contributed by atoms with E-state index in [1.54, 1.807) is 24.3 Å². The minimum atomic E-state index is -4.57. The van der Waals surface area contributed by atoms with Crippen molar-refractivity contribution in [2.24, 2.45) is 11.1 Å². The highest BCUT2D eigenvalue weighted by molar-refractivity contribution is 5.79. The normalized spacial score (nSPS) is 22.4. The fraction of sp³-hybridized carbons (Fsp3) is 0.400. The van der Waals surface area contributed by atoms with E-state index in [0.29, 0.717) is 5.56 Å². The number of nitrogens with zero attached hydrogens (tertiary/aromatic N) is 2. The molecule has 1 amide bonds. The standard InChI is InChI=1S/C15H15F3N4O2/c16-15(17,18)14(6-10(23)20-8-14)7-11-21-13(22-24-11)12(19)9-4-2-1-3-5-9/h1-5,12H,6-8,19H2,(H,20,23). The number of benzene rings is 1. The van der Waals surface area contributed by atoms with E-state index in [1.807, 2.05) is 6.07 Å². The average molecular weight is 340 g/mol. The molecule has 0 radical (unpaired) electrons. The Hall–Kier alpha value is -2.42. The van der Waals surface area contributed by atoms with Gasteiger partial charge in [0.2, 0.25) is 11.8 Å². The Labute approximate surface area is 135 Å². The molecule has 1 aromatic heterocycles. The molecule has 3 rings (SSSR count). The van der Waals surface area contributed by atoms with E-state index in [4.69, 9.17) is 10.3 Å². The van der Waals surface area contributed by atoms with Crippen LogP contribution in [0.25, 0.3) is 0 Å². The van der Waals surface area contributed by atoms with Gasteiger partial charge >= 0.3 is 6.18 Å². The molecule has 0 bridgehead atoms. The molecule has 1 aliphatic rings. The largest absolute Gasteiger partial charge is 0.397 e. The summed E-state index contributed by atoms with van der Waals surface area (Å²) in [4.78, 5) is 15.3.